The Morgan fingerprint density at radius 2 is 1.92 bits per heavy atom. The first-order chi connectivity index (χ1) is 17.4. The number of aromatic nitrogens is 1. The van der Waals surface area contributed by atoms with Gasteiger partial charge in [-0.15, -0.1) is 11.3 Å². The molecule has 0 unspecified atom stereocenters. The molecule has 4 N–H and O–H groups in total. The number of anilines is 1. The van der Waals surface area contributed by atoms with Gasteiger partial charge in [-0.25, -0.2) is 20.2 Å². The molecule has 0 aromatic carbocycles. The highest BCUT2D eigenvalue weighted by Gasteiger charge is 2.36. The first-order valence-corrected chi connectivity index (χ1v) is 12.3. The fraction of sp³-hybridized carbons (Fsp3) is 0.650. The molecule has 1 rings (SSSR count). The summed E-state index contributed by atoms with van der Waals surface area (Å²) in [4.78, 5) is 61.9. The van der Waals surface area contributed by atoms with Gasteiger partial charge in [0.1, 0.15) is 6.04 Å². The quantitative estimate of drug-likeness (QED) is 0.0471. The topological polar surface area (TPSA) is 222 Å². The standard InChI is InChI=1S/C20H32N8O8S/c1-12(2)10-14(16(13(3)4)26(32)11-29)17(30)23-15(18(31)24-20-22-8-9-37-20)6-5-7-21-19(27(33)34)25-28(35)36/h8-9,11-16,32H,5-7,10H2,1-4H3,(H,21,25)(H,23,30)(H,22,24,31)/t14-,15+,16+/m1/s1. The molecule has 37 heavy (non-hydrogen) atoms. The number of hydroxylamine groups is 2. The van der Waals surface area contributed by atoms with Crippen molar-refractivity contribution in [3.8, 4) is 0 Å². The molecule has 0 radical (unpaired) electrons. The molecule has 17 heteroatoms. The van der Waals surface area contributed by atoms with E-state index in [1.54, 1.807) is 19.2 Å². The molecule has 16 nitrogen and oxygen atoms in total. The molecule has 3 amide bonds. The zero-order chi connectivity index (χ0) is 28.1. The number of carbonyl (C=O) groups excluding carboxylic acids is 3. The molecule has 0 aliphatic heterocycles. The van der Waals surface area contributed by atoms with E-state index in [9.17, 15) is 39.8 Å². The average molecular weight is 545 g/mol. The van der Waals surface area contributed by atoms with Crippen LogP contribution in [0.25, 0.3) is 0 Å². The van der Waals surface area contributed by atoms with Crippen molar-refractivity contribution in [1.29, 1.82) is 0 Å². The van der Waals surface area contributed by atoms with Crippen molar-refractivity contribution in [3.63, 3.8) is 0 Å². The van der Waals surface area contributed by atoms with Crippen LogP contribution in [0.15, 0.2) is 16.7 Å². The lowest BCUT2D eigenvalue weighted by Gasteiger charge is -2.34. The van der Waals surface area contributed by atoms with Gasteiger partial charge in [-0.3, -0.25) is 24.9 Å². The summed E-state index contributed by atoms with van der Waals surface area (Å²) >= 11 is 1.16. The number of hydrogen-bond acceptors (Lipinski definition) is 10. The average Bonchev–Trinajstić information content (AvgIpc) is 3.31. The Bertz CT molecular complexity index is 956. The number of thiazole rings is 1. The normalized spacial score (nSPS) is 14.0. The Balaban J connectivity index is 3.08. The Morgan fingerprint density at radius 1 is 1.24 bits per heavy atom. The van der Waals surface area contributed by atoms with E-state index in [-0.39, 0.29) is 42.8 Å². The summed E-state index contributed by atoms with van der Waals surface area (Å²) in [6.07, 6.45) is 2.10. The van der Waals surface area contributed by atoms with Crippen molar-refractivity contribution in [3.05, 3.63) is 31.8 Å². The van der Waals surface area contributed by atoms with Crippen LogP contribution >= 0.6 is 11.3 Å². The molecule has 3 atom stereocenters. The van der Waals surface area contributed by atoms with Crippen molar-refractivity contribution in [2.24, 2.45) is 22.9 Å². The van der Waals surface area contributed by atoms with Crippen molar-refractivity contribution in [2.45, 2.75) is 59.0 Å². The highest BCUT2D eigenvalue weighted by molar-refractivity contribution is 7.13. The summed E-state index contributed by atoms with van der Waals surface area (Å²) in [6.45, 7) is 7.09. The number of carbonyl (C=O) groups is 3. The minimum atomic E-state index is -1.21. The summed E-state index contributed by atoms with van der Waals surface area (Å²) in [5.74, 6) is -3.36. The Morgan fingerprint density at radius 3 is 2.41 bits per heavy atom. The van der Waals surface area contributed by atoms with Gasteiger partial charge < -0.3 is 20.7 Å². The molecule has 1 heterocycles. The number of rotatable bonds is 15. The van der Waals surface area contributed by atoms with Crippen LogP contribution in [-0.2, 0) is 14.4 Å². The molecule has 206 valence electrons. The summed E-state index contributed by atoms with van der Waals surface area (Å²) < 4.78 is 0. The number of hydrazone groups is 1. The molecule has 1 aromatic heterocycles. The lowest BCUT2D eigenvalue weighted by molar-refractivity contribution is -0.496. The predicted octanol–water partition coefficient (Wildman–Crippen LogP) is 1.30. The summed E-state index contributed by atoms with van der Waals surface area (Å²) in [5, 5.41) is 42.8. The Labute approximate surface area is 216 Å². The fourth-order valence-corrected chi connectivity index (χ4v) is 4.21. The maximum atomic E-state index is 13.4. The van der Waals surface area contributed by atoms with Crippen LogP contribution in [0.2, 0.25) is 0 Å². The van der Waals surface area contributed by atoms with Crippen LogP contribution in [0.4, 0.5) is 5.13 Å². The van der Waals surface area contributed by atoms with Crippen molar-refractivity contribution in [1.82, 2.24) is 20.7 Å². The van der Waals surface area contributed by atoms with Crippen molar-refractivity contribution >= 4 is 40.7 Å². The number of nitrogens with zero attached hydrogens (tertiary/aromatic N) is 5. The van der Waals surface area contributed by atoms with Crippen LogP contribution < -0.4 is 16.0 Å². The van der Waals surface area contributed by atoms with Gasteiger partial charge in [0.05, 0.1) is 18.5 Å². The first kappa shape index (κ1) is 31.3. The van der Waals surface area contributed by atoms with Crippen LogP contribution in [0.5, 0.6) is 0 Å². The predicted molar refractivity (Wildman–Crippen MR) is 133 cm³/mol. The number of guanidine groups is 1. The second-order valence-corrected chi connectivity index (χ2v) is 9.73. The zero-order valence-corrected chi connectivity index (χ0v) is 21.7. The van der Waals surface area contributed by atoms with Gasteiger partial charge in [0.25, 0.3) is 10.1 Å². The lowest BCUT2D eigenvalue weighted by atomic mass is 9.83. The highest BCUT2D eigenvalue weighted by atomic mass is 32.1. The van der Waals surface area contributed by atoms with E-state index in [1.807, 2.05) is 13.8 Å². The minimum Gasteiger partial charge on any atom is -0.390 e. The molecule has 0 aliphatic rings. The number of nitrogens with one attached hydrogen (secondary N) is 3. The maximum absolute atomic E-state index is 13.4. The van der Waals surface area contributed by atoms with Crippen LogP contribution in [0.3, 0.4) is 0 Å². The van der Waals surface area contributed by atoms with E-state index < -0.39 is 45.7 Å². The Hall–Kier alpha value is -3.73. The lowest BCUT2D eigenvalue weighted by Crippen LogP contribution is -2.52. The van der Waals surface area contributed by atoms with Crippen molar-refractivity contribution in [2.75, 3.05) is 11.9 Å². The number of nitro groups is 2. The van der Waals surface area contributed by atoms with Gasteiger partial charge in [-0.1, -0.05) is 27.7 Å². The van der Waals surface area contributed by atoms with Gasteiger partial charge >= 0.3 is 5.96 Å². The molecule has 1 aromatic rings. The molecular weight excluding hydrogens is 512 g/mol. The summed E-state index contributed by atoms with van der Waals surface area (Å²) in [6, 6.07) is -1.97. The summed E-state index contributed by atoms with van der Waals surface area (Å²) in [5.41, 5.74) is 0. The van der Waals surface area contributed by atoms with Gasteiger partial charge in [0.2, 0.25) is 18.2 Å². The van der Waals surface area contributed by atoms with E-state index in [2.05, 4.69) is 26.0 Å². The molecule has 0 spiro atoms. The van der Waals surface area contributed by atoms with E-state index >= 15 is 0 Å². The Kier molecular flexibility index (Phi) is 13.0. The van der Waals surface area contributed by atoms with Gasteiger partial charge in [-0.05, 0) is 36.0 Å². The second kappa shape index (κ2) is 15.4. The minimum absolute atomic E-state index is 0.00330. The molecule has 0 aliphatic carbocycles. The zero-order valence-electron chi connectivity index (χ0n) is 20.9. The third-order valence-electron chi connectivity index (χ3n) is 5.17. The monoisotopic (exact) mass is 544 g/mol. The van der Waals surface area contributed by atoms with Crippen molar-refractivity contribution < 1.29 is 29.5 Å². The van der Waals surface area contributed by atoms with E-state index in [0.29, 0.717) is 11.5 Å². The summed E-state index contributed by atoms with van der Waals surface area (Å²) in [7, 11) is 0. The van der Waals surface area contributed by atoms with Crippen LogP contribution in [0.1, 0.15) is 47.0 Å². The number of hydrogen-bond donors (Lipinski definition) is 4. The van der Waals surface area contributed by atoms with E-state index in [1.165, 1.54) is 6.20 Å². The highest BCUT2D eigenvalue weighted by Crippen LogP contribution is 2.25. The smallest absolute Gasteiger partial charge is 0.390 e. The third-order valence-corrected chi connectivity index (χ3v) is 5.86. The fourth-order valence-electron chi connectivity index (χ4n) is 3.68. The first-order valence-electron chi connectivity index (χ1n) is 11.4. The number of amides is 3. The third kappa shape index (κ3) is 10.8. The van der Waals surface area contributed by atoms with E-state index in [0.717, 1.165) is 11.3 Å². The van der Waals surface area contributed by atoms with Gasteiger partial charge in [0.15, 0.2) is 5.13 Å². The van der Waals surface area contributed by atoms with Crippen LogP contribution in [0, 0.1) is 38.0 Å². The maximum Gasteiger partial charge on any atom is 0.500 e. The molecule has 0 saturated carbocycles. The van der Waals surface area contributed by atoms with Gasteiger partial charge in [0, 0.05) is 11.6 Å². The molecule has 0 saturated heterocycles. The molecule has 0 fully saturated rings. The SMILES string of the molecule is CC(C)C[C@@H](C(=O)N[C@@H](CCCN/C(=N/[N+](=O)[O-])[N+](=O)[O-])C(=O)Nc1nccs1)[C@H](C(C)C)N(O)C=O. The van der Waals surface area contributed by atoms with Crippen LogP contribution in [-0.4, -0.2) is 68.0 Å². The second-order valence-electron chi connectivity index (χ2n) is 8.83. The molecular formula is C20H32N8O8S. The largest absolute Gasteiger partial charge is 0.500 e. The van der Waals surface area contributed by atoms with E-state index in [4.69, 9.17) is 0 Å². The molecule has 0 bridgehead atoms. The van der Waals surface area contributed by atoms with Gasteiger partial charge in [-0.2, -0.15) is 0 Å².